The second kappa shape index (κ2) is 6.82. The third kappa shape index (κ3) is 3.29. The van der Waals surface area contributed by atoms with Crippen molar-refractivity contribution in [3.8, 4) is 0 Å². The van der Waals surface area contributed by atoms with E-state index in [4.69, 9.17) is 4.52 Å². The zero-order valence-electron chi connectivity index (χ0n) is 13.8. The van der Waals surface area contributed by atoms with E-state index in [2.05, 4.69) is 10.1 Å². The van der Waals surface area contributed by atoms with E-state index in [-0.39, 0.29) is 24.9 Å². The van der Waals surface area contributed by atoms with Crippen molar-refractivity contribution in [3.63, 3.8) is 0 Å². The third-order valence-electron chi connectivity index (χ3n) is 4.12. The molecule has 0 bridgehead atoms. The van der Waals surface area contributed by atoms with Gasteiger partial charge in [-0.15, -0.1) is 0 Å². The van der Waals surface area contributed by atoms with Crippen LogP contribution in [0.4, 0.5) is 0 Å². The summed E-state index contributed by atoms with van der Waals surface area (Å²) in [6, 6.07) is 9.11. The molecule has 1 fully saturated rings. The normalized spacial score (nSPS) is 18.3. The number of benzene rings is 1. The van der Waals surface area contributed by atoms with Gasteiger partial charge in [0.25, 0.3) is 0 Å². The van der Waals surface area contributed by atoms with Gasteiger partial charge < -0.3 is 14.3 Å². The Morgan fingerprint density at radius 3 is 2.62 bits per heavy atom. The summed E-state index contributed by atoms with van der Waals surface area (Å²) >= 11 is 0. The number of rotatable bonds is 5. The maximum absolute atomic E-state index is 12.6. The lowest BCUT2D eigenvalue weighted by molar-refractivity contribution is -0.156. The Labute approximate surface area is 140 Å². The first-order chi connectivity index (χ1) is 11.6. The van der Waals surface area contributed by atoms with Gasteiger partial charge in [-0.3, -0.25) is 9.59 Å². The molecule has 3 rings (SSSR count). The predicted molar refractivity (Wildman–Crippen MR) is 85.5 cm³/mol. The predicted octanol–water partition coefficient (Wildman–Crippen LogP) is 1.39. The number of piperazine rings is 1. The minimum atomic E-state index is -0.543. The second-order valence-electron chi connectivity index (χ2n) is 5.84. The highest BCUT2D eigenvalue weighted by Crippen LogP contribution is 2.17. The number of hydrogen-bond donors (Lipinski definition) is 0. The quantitative estimate of drug-likeness (QED) is 0.829. The monoisotopic (exact) mass is 328 g/mol. The van der Waals surface area contributed by atoms with E-state index in [0.717, 1.165) is 5.56 Å². The first kappa shape index (κ1) is 16.2. The fourth-order valence-electron chi connectivity index (χ4n) is 2.76. The van der Waals surface area contributed by atoms with Gasteiger partial charge in [-0.1, -0.05) is 42.4 Å². The molecule has 0 aliphatic carbocycles. The molecule has 1 aliphatic rings. The summed E-state index contributed by atoms with van der Waals surface area (Å²) in [6.07, 6.45) is 0.639. The van der Waals surface area contributed by atoms with Crippen LogP contribution in [0.1, 0.15) is 31.1 Å². The molecular formula is C17H20N4O3. The Morgan fingerprint density at radius 2 is 1.96 bits per heavy atom. The van der Waals surface area contributed by atoms with Crippen molar-refractivity contribution in [1.29, 1.82) is 0 Å². The van der Waals surface area contributed by atoms with Gasteiger partial charge in [-0.25, -0.2) is 0 Å². The fourth-order valence-corrected chi connectivity index (χ4v) is 2.76. The lowest BCUT2D eigenvalue weighted by atomic mass is 10.1. The number of aromatic nitrogens is 2. The largest absolute Gasteiger partial charge is 0.339 e. The molecule has 126 valence electrons. The number of carbonyl (C=O) groups is 2. The minimum Gasteiger partial charge on any atom is -0.339 e. The summed E-state index contributed by atoms with van der Waals surface area (Å²) in [4.78, 5) is 32.4. The Hall–Kier alpha value is -2.70. The summed E-state index contributed by atoms with van der Waals surface area (Å²) in [6.45, 7) is 4.34. The first-order valence-electron chi connectivity index (χ1n) is 8.02. The SMILES string of the molecule is CCc1nc(CN2C(=O)CN(Cc3ccccc3)C(=O)[C@@H]2C)no1. The highest BCUT2D eigenvalue weighted by Gasteiger charge is 2.37. The third-order valence-corrected chi connectivity index (χ3v) is 4.12. The summed E-state index contributed by atoms with van der Waals surface area (Å²) in [5.41, 5.74) is 1.00. The highest BCUT2D eigenvalue weighted by atomic mass is 16.5. The van der Waals surface area contributed by atoms with Crippen molar-refractivity contribution < 1.29 is 14.1 Å². The molecule has 0 spiro atoms. The van der Waals surface area contributed by atoms with Gasteiger partial charge in [0, 0.05) is 13.0 Å². The molecule has 1 saturated heterocycles. The molecule has 2 heterocycles. The van der Waals surface area contributed by atoms with Crippen LogP contribution in [-0.4, -0.2) is 44.3 Å². The van der Waals surface area contributed by atoms with Gasteiger partial charge in [0.1, 0.15) is 12.6 Å². The molecule has 24 heavy (non-hydrogen) atoms. The number of amides is 2. The molecule has 0 N–H and O–H groups in total. The molecule has 2 aromatic rings. The van der Waals surface area contributed by atoms with Gasteiger partial charge >= 0.3 is 0 Å². The molecule has 0 unspecified atom stereocenters. The average Bonchev–Trinajstić information content (AvgIpc) is 3.05. The smallest absolute Gasteiger partial charge is 0.245 e. The van der Waals surface area contributed by atoms with Crippen LogP contribution in [0, 0.1) is 0 Å². The van der Waals surface area contributed by atoms with Crippen molar-refractivity contribution in [2.24, 2.45) is 0 Å². The van der Waals surface area contributed by atoms with Crippen LogP contribution in [0.3, 0.4) is 0 Å². The molecule has 7 nitrogen and oxygen atoms in total. The molecule has 1 aromatic carbocycles. The summed E-state index contributed by atoms with van der Waals surface area (Å²) < 4.78 is 5.06. The Balaban J connectivity index is 1.69. The summed E-state index contributed by atoms with van der Waals surface area (Å²) in [5, 5.41) is 3.86. The van der Waals surface area contributed by atoms with Crippen LogP contribution in [-0.2, 0) is 29.1 Å². The zero-order chi connectivity index (χ0) is 17.1. The maximum Gasteiger partial charge on any atom is 0.245 e. The van der Waals surface area contributed by atoms with E-state index in [1.807, 2.05) is 37.3 Å². The topological polar surface area (TPSA) is 79.5 Å². The van der Waals surface area contributed by atoms with Crippen molar-refractivity contribution >= 4 is 11.8 Å². The lowest BCUT2D eigenvalue weighted by Gasteiger charge is -2.38. The van der Waals surface area contributed by atoms with Crippen LogP contribution in [0.5, 0.6) is 0 Å². The van der Waals surface area contributed by atoms with Crippen molar-refractivity contribution in [3.05, 3.63) is 47.6 Å². The molecule has 7 heteroatoms. The van der Waals surface area contributed by atoms with Gasteiger partial charge in [-0.05, 0) is 12.5 Å². The number of carbonyl (C=O) groups excluding carboxylic acids is 2. The van der Waals surface area contributed by atoms with E-state index >= 15 is 0 Å². The van der Waals surface area contributed by atoms with E-state index in [1.54, 1.807) is 11.8 Å². The summed E-state index contributed by atoms with van der Waals surface area (Å²) in [7, 11) is 0. The molecule has 1 atom stereocenters. The molecule has 0 radical (unpaired) electrons. The van der Waals surface area contributed by atoms with E-state index < -0.39 is 6.04 Å². The molecule has 1 aliphatic heterocycles. The molecule has 1 aromatic heterocycles. The number of nitrogens with zero attached hydrogens (tertiary/aromatic N) is 4. The Kier molecular flexibility index (Phi) is 4.59. The lowest BCUT2D eigenvalue weighted by Crippen LogP contribution is -2.58. The van der Waals surface area contributed by atoms with Crippen LogP contribution in [0.25, 0.3) is 0 Å². The Morgan fingerprint density at radius 1 is 1.21 bits per heavy atom. The minimum absolute atomic E-state index is 0.0660. The highest BCUT2D eigenvalue weighted by molar-refractivity contribution is 5.94. The second-order valence-corrected chi connectivity index (χ2v) is 5.84. The van der Waals surface area contributed by atoms with Crippen LogP contribution < -0.4 is 0 Å². The van der Waals surface area contributed by atoms with Crippen LogP contribution in [0.15, 0.2) is 34.9 Å². The Bertz CT molecular complexity index is 728. The van der Waals surface area contributed by atoms with Gasteiger partial charge in [0.15, 0.2) is 5.82 Å². The van der Waals surface area contributed by atoms with E-state index in [1.165, 1.54) is 4.90 Å². The van der Waals surface area contributed by atoms with Gasteiger partial charge in [0.05, 0.1) is 6.54 Å². The van der Waals surface area contributed by atoms with E-state index in [9.17, 15) is 9.59 Å². The van der Waals surface area contributed by atoms with Crippen molar-refractivity contribution in [2.75, 3.05) is 6.54 Å². The first-order valence-corrected chi connectivity index (χ1v) is 8.02. The van der Waals surface area contributed by atoms with Crippen molar-refractivity contribution in [1.82, 2.24) is 19.9 Å². The zero-order valence-corrected chi connectivity index (χ0v) is 13.8. The van der Waals surface area contributed by atoms with Crippen molar-refractivity contribution in [2.45, 2.75) is 39.4 Å². The number of aryl methyl sites for hydroxylation is 1. The number of hydrogen-bond acceptors (Lipinski definition) is 5. The standard InChI is InChI=1S/C17H20N4O3/c1-3-15-18-14(19-24-15)10-21-12(2)17(23)20(11-16(21)22)9-13-7-5-4-6-8-13/h4-8,12H,3,9-11H2,1-2H3/t12-/m0/s1. The average molecular weight is 328 g/mol. The van der Waals surface area contributed by atoms with Gasteiger partial charge in [-0.2, -0.15) is 4.98 Å². The van der Waals surface area contributed by atoms with Crippen LogP contribution in [0.2, 0.25) is 0 Å². The molecule has 2 amide bonds. The molecular weight excluding hydrogens is 308 g/mol. The van der Waals surface area contributed by atoms with Crippen LogP contribution >= 0.6 is 0 Å². The summed E-state index contributed by atoms with van der Waals surface area (Å²) in [5.74, 6) is 0.772. The molecule has 0 saturated carbocycles. The fraction of sp³-hybridized carbons (Fsp3) is 0.412. The van der Waals surface area contributed by atoms with Gasteiger partial charge in [0.2, 0.25) is 17.7 Å². The van der Waals surface area contributed by atoms with E-state index in [0.29, 0.717) is 24.7 Å². The maximum atomic E-state index is 12.6.